The van der Waals surface area contributed by atoms with Gasteiger partial charge in [0, 0.05) is 0 Å². The van der Waals surface area contributed by atoms with E-state index in [1.165, 1.54) is 0 Å². The first-order valence-corrected chi connectivity index (χ1v) is 7.28. The molecule has 70 valence electrons. The summed E-state index contributed by atoms with van der Waals surface area (Å²) < 4.78 is 8.01. The number of nitrogens with one attached hydrogen (secondary N) is 2. The van der Waals surface area contributed by atoms with Crippen molar-refractivity contribution in [2.45, 2.75) is 6.92 Å². The van der Waals surface area contributed by atoms with Crippen molar-refractivity contribution in [3.8, 4) is 0 Å². The molecule has 0 bridgehead atoms. The summed E-state index contributed by atoms with van der Waals surface area (Å²) in [4.78, 5) is 4.33. The molecule has 0 spiro atoms. The number of hydrogen-bond acceptors (Lipinski definition) is 4. The third-order valence-electron chi connectivity index (χ3n) is 1.92. The van der Waals surface area contributed by atoms with E-state index in [0.717, 1.165) is 17.0 Å². The van der Waals surface area contributed by atoms with Gasteiger partial charge in [0.25, 0.3) is 0 Å². The zero-order valence-electron chi connectivity index (χ0n) is 7.45. The molecule has 0 amide bonds. The Morgan fingerprint density at radius 2 is 2.29 bits per heavy atom. The van der Waals surface area contributed by atoms with Crippen molar-refractivity contribution in [3.05, 3.63) is 17.8 Å². The molecule has 2 heterocycles. The Morgan fingerprint density at radius 1 is 1.50 bits per heavy atom. The number of anilines is 2. The molecule has 0 radical (unpaired) electrons. The van der Waals surface area contributed by atoms with Crippen LogP contribution in [0.1, 0.15) is 5.69 Å². The molecule has 0 aromatic carbocycles. The van der Waals surface area contributed by atoms with Gasteiger partial charge in [0.15, 0.2) is 0 Å². The Kier molecular flexibility index (Phi) is 3.09. The number of fused-ring (bicyclic) bond motifs is 1. The molecular weight excluding hydrogens is 485 g/mol. The molecule has 5 nitrogen and oxygen atoms in total. The summed E-state index contributed by atoms with van der Waals surface area (Å²) in [5.74, 6) is 1.53. The first-order valence-electron chi connectivity index (χ1n) is 3.96. The second-order valence-electron chi connectivity index (χ2n) is 2.79. The van der Waals surface area contributed by atoms with Crippen LogP contribution in [0, 0.1) is 6.92 Å². The Morgan fingerprint density at radius 3 is 2.93 bits per heavy atom. The maximum absolute atomic E-state index is 4.35. The second kappa shape index (κ2) is 4.16. The van der Waals surface area contributed by atoms with Gasteiger partial charge in [0.1, 0.15) is 0 Å². The molecule has 0 aliphatic carbocycles. The van der Waals surface area contributed by atoms with Gasteiger partial charge in [-0.2, -0.15) is 0 Å². The molecule has 0 unspecified atom stereocenters. The maximum atomic E-state index is 4.35. The Balaban J connectivity index is 2.76. The SMILES string of the molecule is Cc1ccc2c(NI)nc([NH][Tl])nn12. The van der Waals surface area contributed by atoms with Gasteiger partial charge in [-0.1, -0.05) is 0 Å². The first-order chi connectivity index (χ1) is 6.76. The fourth-order valence-corrected chi connectivity index (χ4v) is 2.13. The van der Waals surface area contributed by atoms with Gasteiger partial charge < -0.3 is 0 Å². The van der Waals surface area contributed by atoms with E-state index in [1.807, 2.05) is 23.6 Å². The predicted molar refractivity (Wildman–Crippen MR) is 64.7 cm³/mol. The van der Waals surface area contributed by atoms with Gasteiger partial charge in [0.2, 0.25) is 0 Å². The third kappa shape index (κ3) is 1.68. The van der Waals surface area contributed by atoms with E-state index in [2.05, 4.69) is 39.6 Å². The number of rotatable bonds is 2. The van der Waals surface area contributed by atoms with Gasteiger partial charge in [0.05, 0.1) is 0 Å². The summed E-state index contributed by atoms with van der Waals surface area (Å²) in [6, 6.07) is 4.04. The van der Waals surface area contributed by atoms with Gasteiger partial charge in [-0.15, -0.1) is 0 Å². The Hall–Kier alpha value is -0.128. The van der Waals surface area contributed by atoms with Crippen LogP contribution < -0.4 is 6.66 Å². The van der Waals surface area contributed by atoms with Gasteiger partial charge in [-0.05, 0) is 0 Å². The average molecular weight is 492 g/mol. The van der Waals surface area contributed by atoms with E-state index in [0.29, 0.717) is 32.0 Å². The van der Waals surface area contributed by atoms with Gasteiger partial charge >= 0.3 is 112 Å². The standard InChI is InChI=1S/C7H7IN5.Tl/c1-4-2-3-5-6(11-8)10-7(9)12-13(4)5;/h2-3H,1H3,(H2-,9,10,11,12);/q-1;+1. The molecule has 2 aromatic rings. The Labute approximate surface area is 111 Å². The van der Waals surface area contributed by atoms with E-state index < -0.39 is 0 Å². The zero-order valence-corrected chi connectivity index (χ0v) is 14.1. The van der Waals surface area contributed by atoms with Crippen molar-refractivity contribution in [3.63, 3.8) is 0 Å². The minimum absolute atomic E-state index is 0.648. The van der Waals surface area contributed by atoms with Crippen molar-refractivity contribution in [2.24, 2.45) is 0 Å². The number of hydrogen-bond donors (Lipinski definition) is 2. The van der Waals surface area contributed by atoms with Crippen molar-refractivity contribution in [2.75, 3.05) is 6.66 Å². The van der Waals surface area contributed by atoms with Crippen molar-refractivity contribution < 1.29 is 0 Å². The number of nitrogens with zero attached hydrogens (tertiary/aromatic N) is 3. The van der Waals surface area contributed by atoms with Crippen molar-refractivity contribution >= 4 is 66.2 Å². The molecule has 2 aromatic heterocycles. The third-order valence-corrected chi connectivity index (χ3v) is 3.43. The van der Waals surface area contributed by atoms with Gasteiger partial charge in [-0.25, -0.2) is 0 Å². The van der Waals surface area contributed by atoms with E-state index in [-0.39, 0.29) is 0 Å². The fraction of sp³-hybridized carbons (Fsp3) is 0.143. The Bertz CT molecular complexity index is 468. The molecule has 14 heavy (non-hydrogen) atoms. The molecule has 0 atom stereocenters. The van der Waals surface area contributed by atoms with Gasteiger partial charge in [-0.3, -0.25) is 0 Å². The summed E-state index contributed by atoms with van der Waals surface area (Å²) in [6.07, 6.45) is 0. The normalized spacial score (nSPS) is 10.4. The van der Waals surface area contributed by atoms with E-state index in [4.69, 9.17) is 0 Å². The number of aryl methyl sites for hydroxylation is 1. The topological polar surface area (TPSA) is 54.2 Å². The van der Waals surface area contributed by atoms with Crippen LogP contribution in [0.25, 0.3) is 5.52 Å². The minimum atomic E-state index is 0.648. The quantitative estimate of drug-likeness (QED) is 0.377. The van der Waals surface area contributed by atoms with Crippen molar-refractivity contribution in [1.82, 2.24) is 14.6 Å². The average Bonchev–Trinajstić information content (AvgIpc) is 2.59. The predicted octanol–water partition coefficient (Wildman–Crippen LogP) is 1.30. The molecule has 0 aliphatic heterocycles. The van der Waals surface area contributed by atoms with Crippen LogP contribution in [0.2, 0.25) is 0 Å². The van der Waals surface area contributed by atoms with Crippen LogP contribution in [0.4, 0.5) is 11.8 Å². The van der Waals surface area contributed by atoms with Crippen LogP contribution in [0.5, 0.6) is 0 Å². The summed E-state index contributed by atoms with van der Waals surface area (Å²) in [7, 11) is 0. The van der Waals surface area contributed by atoms with Crippen LogP contribution in [-0.4, -0.2) is 40.7 Å². The summed E-state index contributed by atoms with van der Waals surface area (Å²) >= 11 is 2.72. The van der Waals surface area contributed by atoms with Crippen LogP contribution in [-0.2, 0) is 0 Å². The summed E-state index contributed by atoms with van der Waals surface area (Å²) in [5.41, 5.74) is 2.11. The fourth-order valence-electron chi connectivity index (χ4n) is 1.25. The number of aromatic nitrogens is 3. The van der Waals surface area contributed by atoms with Crippen LogP contribution in [0.3, 0.4) is 0 Å². The number of halogens is 1. The molecule has 0 aliphatic rings. The molecule has 0 saturated carbocycles. The second-order valence-corrected chi connectivity index (χ2v) is 4.46. The van der Waals surface area contributed by atoms with E-state index in [1.54, 1.807) is 0 Å². The summed E-state index contributed by atoms with van der Waals surface area (Å²) in [5, 5.41) is 4.35. The zero-order chi connectivity index (χ0) is 10.1. The van der Waals surface area contributed by atoms with Crippen LogP contribution >= 0.6 is 22.9 Å². The van der Waals surface area contributed by atoms with E-state index >= 15 is 0 Å². The molecule has 0 saturated heterocycles. The molecule has 2 N–H and O–H groups in total. The van der Waals surface area contributed by atoms with E-state index in [9.17, 15) is 0 Å². The molecular formula is C7H7IN5Tl. The van der Waals surface area contributed by atoms with Crippen LogP contribution in [0.15, 0.2) is 12.1 Å². The monoisotopic (exact) mass is 493 g/mol. The molecule has 2 rings (SSSR count). The summed E-state index contributed by atoms with van der Waals surface area (Å²) in [6.45, 7) is 2.02. The molecule has 7 heteroatoms. The first kappa shape index (κ1) is 10.4. The van der Waals surface area contributed by atoms with Crippen molar-refractivity contribution in [1.29, 1.82) is 0 Å². The molecule has 0 fully saturated rings.